The van der Waals surface area contributed by atoms with Crippen LogP contribution >= 0.6 is 0 Å². The third-order valence-electron chi connectivity index (χ3n) is 6.89. The fourth-order valence-corrected chi connectivity index (χ4v) is 11.2. The zero-order valence-corrected chi connectivity index (χ0v) is 19.2. The first-order chi connectivity index (χ1) is 9.44. The molecule has 0 unspecified atom stereocenters. The first kappa shape index (κ1) is 17.8. The van der Waals surface area contributed by atoms with Gasteiger partial charge in [-0.3, -0.25) is 0 Å². The molecule has 21 heavy (non-hydrogen) atoms. The topological polar surface area (TPSA) is 0 Å². The monoisotopic (exact) mass is 358 g/mol. The Labute approximate surface area is 154 Å². The summed E-state index contributed by atoms with van der Waals surface area (Å²) in [6.07, 6.45) is 0. The van der Waals surface area contributed by atoms with E-state index in [-0.39, 0.29) is 0 Å². The molecule has 0 bridgehead atoms. The molecule has 0 amide bonds. The molecular formula is C20H30Sr. The molecular weight excluding hydrogens is 328 g/mol. The third kappa shape index (κ3) is 2.53. The Kier molecular flexibility index (Phi) is 4.67. The summed E-state index contributed by atoms with van der Waals surface area (Å²) in [5.74, 6) is 0. The molecule has 0 saturated carbocycles. The van der Waals surface area contributed by atoms with Crippen molar-refractivity contribution in [1.82, 2.24) is 0 Å². The molecule has 2 aliphatic carbocycles. The predicted molar refractivity (Wildman–Crippen MR) is 95.5 cm³/mol. The summed E-state index contributed by atoms with van der Waals surface area (Å²) in [4.78, 5) is 0. The van der Waals surface area contributed by atoms with Crippen molar-refractivity contribution in [1.29, 1.82) is 0 Å². The van der Waals surface area contributed by atoms with Crippen molar-refractivity contribution >= 4 is 41.0 Å². The summed E-state index contributed by atoms with van der Waals surface area (Å²) in [5.41, 5.74) is 10.2. The molecule has 112 valence electrons. The van der Waals surface area contributed by atoms with Crippen molar-refractivity contribution in [3.8, 4) is 0 Å². The van der Waals surface area contributed by atoms with E-state index in [9.17, 15) is 0 Å². The van der Waals surface area contributed by atoms with Gasteiger partial charge < -0.3 is 0 Å². The zero-order valence-electron chi connectivity index (χ0n) is 15.7. The second-order valence-corrected chi connectivity index (χ2v) is 12.5. The third-order valence-corrected chi connectivity index (χ3v) is 15.6. The average molecular weight is 358 g/mol. The first-order valence-corrected chi connectivity index (χ1v) is 11.7. The molecule has 0 fully saturated rings. The van der Waals surface area contributed by atoms with Crippen LogP contribution < -0.4 is 0 Å². The number of rotatable bonds is 2. The van der Waals surface area contributed by atoms with Crippen LogP contribution in [0.3, 0.4) is 0 Å². The van der Waals surface area contributed by atoms with E-state index in [1.54, 1.807) is 33.4 Å². The first-order valence-electron chi connectivity index (χ1n) is 8.21. The molecule has 0 nitrogen and oxygen atoms in total. The van der Waals surface area contributed by atoms with Crippen molar-refractivity contribution < 1.29 is 0 Å². The summed E-state index contributed by atoms with van der Waals surface area (Å²) in [5, 5.41) is 0. The minimum absolute atomic E-state index is 0.304. The van der Waals surface area contributed by atoms with E-state index in [1.807, 2.05) is 1.09 Å². The van der Waals surface area contributed by atoms with Crippen molar-refractivity contribution in [3.05, 3.63) is 34.5 Å². The van der Waals surface area contributed by atoms with Gasteiger partial charge in [-0.2, -0.15) is 0 Å². The Hall–Kier alpha value is 0.441. The van der Waals surface area contributed by atoms with Gasteiger partial charge in [0.15, 0.2) is 0 Å². The molecule has 0 aromatic rings. The van der Waals surface area contributed by atoms with E-state index in [0.29, 0.717) is 10.8 Å². The van der Waals surface area contributed by atoms with Gasteiger partial charge in [-0.05, 0) is 0 Å². The Morgan fingerprint density at radius 3 is 1.00 bits per heavy atom. The quantitative estimate of drug-likeness (QED) is 0.532. The number of allylic oxidation sites excluding steroid dienone is 8. The maximum absolute atomic E-state index is 2.44. The van der Waals surface area contributed by atoms with Crippen molar-refractivity contribution in [2.75, 3.05) is 0 Å². The van der Waals surface area contributed by atoms with Crippen LogP contribution in [0.1, 0.15) is 69.2 Å². The molecule has 2 aliphatic rings. The average Bonchev–Trinajstić information content (AvgIpc) is 2.63. The van der Waals surface area contributed by atoms with E-state index >= 15 is 0 Å². The molecule has 0 radical (unpaired) electrons. The van der Waals surface area contributed by atoms with Gasteiger partial charge >= 0.3 is 156 Å². The molecule has 1 heteroatoms. The van der Waals surface area contributed by atoms with Crippen LogP contribution in [0.15, 0.2) is 34.5 Å². The molecule has 0 N–H and O–H groups in total. The van der Waals surface area contributed by atoms with Gasteiger partial charge in [0.25, 0.3) is 0 Å². The van der Waals surface area contributed by atoms with Crippen LogP contribution in [-0.2, 0) is 0 Å². The Bertz CT molecular complexity index is 575. The molecule has 2 rings (SSSR count). The van der Waals surface area contributed by atoms with Crippen LogP contribution in [0.25, 0.3) is 0 Å². The summed E-state index contributed by atoms with van der Waals surface area (Å²) < 4.78 is 3.67. The molecule has 0 aliphatic heterocycles. The second-order valence-electron chi connectivity index (χ2n) is 8.13. The van der Waals surface area contributed by atoms with Crippen LogP contribution in [0.2, 0.25) is 0 Å². The van der Waals surface area contributed by atoms with Gasteiger partial charge in [-0.1, -0.05) is 0 Å². The van der Waals surface area contributed by atoms with E-state index in [0.717, 1.165) is 0 Å². The predicted octanol–water partition coefficient (Wildman–Crippen LogP) is 5.99. The maximum atomic E-state index is 2.44. The molecule has 0 aromatic heterocycles. The van der Waals surface area contributed by atoms with Gasteiger partial charge in [0.1, 0.15) is 0 Å². The summed E-state index contributed by atoms with van der Waals surface area (Å²) in [7, 11) is 0. The molecule has 0 atom stereocenters. The number of hydrogen-bond donors (Lipinski definition) is 0. The van der Waals surface area contributed by atoms with Crippen molar-refractivity contribution in [3.63, 3.8) is 0 Å². The minimum atomic E-state index is -1.17. The van der Waals surface area contributed by atoms with Crippen LogP contribution in [-0.4, -0.2) is 41.0 Å². The Balaban J connectivity index is 2.47. The Morgan fingerprint density at radius 2 is 0.810 bits per heavy atom. The molecule has 0 aromatic carbocycles. The van der Waals surface area contributed by atoms with Gasteiger partial charge in [0, 0.05) is 0 Å². The molecule has 0 heterocycles. The summed E-state index contributed by atoms with van der Waals surface area (Å²) >= 11 is -1.17. The van der Waals surface area contributed by atoms with Crippen LogP contribution in [0, 0.1) is 10.8 Å². The van der Waals surface area contributed by atoms with Crippen molar-refractivity contribution in [2.45, 2.75) is 69.2 Å². The van der Waals surface area contributed by atoms with E-state index in [4.69, 9.17) is 0 Å². The summed E-state index contributed by atoms with van der Waals surface area (Å²) in [6.45, 7) is 23.8. The fraction of sp³-hybridized carbons (Fsp3) is 0.600. The zero-order chi connectivity index (χ0) is 16.3. The second kappa shape index (κ2) is 5.51. The van der Waals surface area contributed by atoms with Crippen LogP contribution in [0.5, 0.6) is 0 Å². The summed E-state index contributed by atoms with van der Waals surface area (Å²) in [6, 6.07) is 0. The van der Waals surface area contributed by atoms with E-state index < -0.39 is 41.0 Å². The standard InChI is InChI=1S/2C10H15.Sr/c2*1-7-6-10(4,5)9(3)8(7)2;/h2*1-5H3;. The van der Waals surface area contributed by atoms with E-state index in [1.165, 1.54) is 0 Å². The van der Waals surface area contributed by atoms with Crippen LogP contribution in [0.4, 0.5) is 0 Å². The number of hydrogen-bond acceptors (Lipinski definition) is 0. The van der Waals surface area contributed by atoms with Gasteiger partial charge in [0.05, 0.1) is 0 Å². The molecule has 0 saturated heterocycles. The van der Waals surface area contributed by atoms with Crippen molar-refractivity contribution in [2.24, 2.45) is 10.8 Å². The SMILES string of the molecule is CC1=C(C)C(C)(C)[C]([Sr][C]2=C(C)C(C)=C(C)C2(C)C)=C1C. The fourth-order valence-electron chi connectivity index (χ4n) is 4.23. The van der Waals surface area contributed by atoms with Gasteiger partial charge in [-0.25, -0.2) is 0 Å². The normalized spacial score (nSPS) is 24.5. The van der Waals surface area contributed by atoms with E-state index in [2.05, 4.69) is 69.2 Å². The van der Waals surface area contributed by atoms with Gasteiger partial charge in [0.2, 0.25) is 0 Å². The van der Waals surface area contributed by atoms with Gasteiger partial charge in [-0.15, -0.1) is 0 Å². The Morgan fingerprint density at radius 1 is 0.524 bits per heavy atom. The molecule has 0 spiro atoms.